The molecule has 1 fully saturated rings. The summed E-state index contributed by atoms with van der Waals surface area (Å²) in [6, 6.07) is 7.60. The summed E-state index contributed by atoms with van der Waals surface area (Å²) in [7, 11) is -3.58. The minimum atomic E-state index is -3.58. The number of thiazole rings is 1. The van der Waals surface area contributed by atoms with E-state index in [-0.39, 0.29) is 5.91 Å². The molecule has 1 saturated heterocycles. The standard InChI is InChI=1S/C18H21N3O3S2/c1-12-17(25-13(2)19-12)26(23,24)21-10-9-18(11-21)8-7-14-5-3-4-6-15(14)16(22)20-18/h3-6H,7-11H2,1-2H3,(H,20,22)/t18-/m1/s1. The highest BCUT2D eigenvalue weighted by molar-refractivity contribution is 7.91. The first-order valence-corrected chi connectivity index (χ1v) is 10.9. The second kappa shape index (κ2) is 6.14. The lowest BCUT2D eigenvalue weighted by atomic mass is 9.92. The predicted molar refractivity (Wildman–Crippen MR) is 99.9 cm³/mol. The number of carbonyl (C=O) groups is 1. The summed E-state index contributed by atoms with van der Waals surface area (Å²) < 4.78 is 27.9. The quantitative estimate of drug-likeness (QED) is 0.852. The van der Waals surface area contributed by atoms with Gasteiger partial charge in [0.25, 0.3) is 15.9 Å². The van der Waals surface area contributed by atoms with Gasteiger partial charge in [-0.25, -0.2) is 13.4 Å². The molecule has 138 valence electrons. The van der Waals surface area contributed by atoms with Gasteiger partial charge in [0.1, 0.15) is 0 Å². The van der Waals surface area contributed by atoms with Crippen molar-refractivity contribution in [2.24, 2.45) is 0 Å². The van der Waals surface area contributed by atoms with Gasteiger partial charge in [0.05, 0.1) is 16.2 Å². The van der Waals surface area contributed by atoms with E-state index < -0.39 is 15.6 Å². The lowest BCUT2D eigenvalue weighted by molar-refractivity contribution is 0.0906. The van der Waals surface area contributed by atoms with E-state index in [1.54, 1.807) is 6.92 Å². The molecular formula is C18H21N3O3S2. The van der Waals surface area contributed by atoms with Crippen LogP contribution in [-0.2, 0) is 16.4 Å². The molecule has 2 aliphatic heterocycles. The second-order valence-electron chi connectivity index (χ2n) is 7.09. The van der Waals surface area contributed by atoms with Gasteiger partial charge in [-0.1, -0.05) is 18.2 Å². The highest BCUT2D eigenvalue weighted by Gasteiger charge is 2.45. The molecule has 1 amide bonds. The molecule has 1 N–H and O–H groups in total. The Morgan fingerprint density at radius 1 is 1.23 bits per heavy atom. The summed E-state index contributed by atoms with van der Waals surface area (Å²) in [6.45, 7) is 4.26. The number of carbonyl (C=O) groups excluding carboxylic acids is 1. The average Bonchev–Trinajstić information content (AvgIpc) is 3.13. The Hall–Kier alpha value is -1.77. The summed E-state index contributed by atoms with van der Waals surface area (Å²) in [5, 5.41) is 3.87. The van der Waals surface area contributed by atoms with Crippen LogP contribution in [0.25, 0.3) is 0 Å². The van der Waals surface area contributed by atoms with Crippen LogP contribution in [0.5, 0.6) is 0 Å². The van der Waals surface area contributed by atoms with Crippen molar-refractivity contribution >= 4 is 27.3 Å². The predicted octanol–water partition coefficient (Wildman–Crippen LogP) is 2.27. The Morgan fingerprint density at radius 2 is 2.00 bits per heavy atom. The number of fused-ring (bicyclic) bond motifs is 1. The van der Waals surface area contributed by atoms with Crippen molar-refractivity contribution < 1.29 is 13.2 Å². The summed E-state index contributed by atoms with van der Waals surface area (Å²) in [5.74, 6) is -0.109. The number of amides is 1. The third-order valence-corrected chi connectivity index (χ3v) is 8.77. The first-order chi connectivity index (χ1) is 12.3. The Balaban J connectivity index is 1.61. The van der Waals surface area contributed by atoms with Crippen molar-refractivity contribution in [2.75, 3.05) is 13.1 Å². The number of rotatable bonds is 2. The van der Waals surface area contributed by atoms with E-state index in [0.29, 0.717) is 35.0 Å². The van der Waals surface area contributed by atoms with Crippen LogP contribution in [-0.4, -0.2) is 42.2 Å². The van der Waals surface area contributed by atoms with Gasteiger partial charge in [-0.05, 0) is 44.7 Å². The van der Waals surface area contributed by atoms with Gasteiger partial charge in [0, 0.05) is 18.7 Å². The Morgan fingerprint density at radius 3 is 2.73 bits per heavy atom. The number of aromatic nitrogens is 1. The molecule has 6 nitrogen and oxygen atoms in total. The third-order valence-electron chi connectivity index (χ3n) is 5.27. The largest absolute Gasteiger partial charge is 0.345 e. The molecule has 4 rings (SSSR count). The highest BCUT2D eigenvalue weighted by Crippen LogP contribution is 2.35. The SMILES string of the molecule is Cc1nc(C)c(S(=O)(=O)N2CC[C@]3(CCc4ccccc4C(=O)N3)C2)s1. The molecule has 26 heavy (non-hydrogen) atoms. The molecule has 1 spiro atoms. The van der Waals surface area contributed by atoms with Gasteiger partial charge in [0.15, 0.2) is 4.21 Å². The third kappa shape index (κ3) is 2.86. The van der Waals surface area contributed by atoms with Crippen molar-refractivity contribution in [3.63, 3.8) is 0 Å². The topological polar surface area (TPSA) is 79.4 Å². The minimum Gasteiger partial charge on any atom is -0.345 e. The summed E-state index contributed by atoms with van der Waals surface area (Å²) >= 11 is 1.21. The maximum atomic E-state index is 13.1. The molecule has 0 radical (unpaired) electrons. The summed E-state index contributed by atoms with van der Waals surface area (Å²) in [6.07, 6.45) is 2.13. The van der Waals surface area contributed by atoms with Crippen LogP contribution in [0.2, 0.25) is 0 Å². The highest BCUT2D eigenvalue weighted by atomic mass is 32.2. The fraction of sp³-hybridized carbons (Fsp3) is 0.444. The number of benzene rings is 1. The van der Waals surface area contributed by atoms with Crippen molar-refractivity contribution in [1.29, 1.82) is 0 Å². The number of nitrogens with zero attached hydrogens (tertiary/aromatic N) is 2. The molecule has 3 heterocycles. The van der Waals surface area contributed by atoms with Gasteiger partial charge in [-0.15, -0.1) is 11.3 Å². The van der Waals surface area contributed by atoms with Crippen molar-refractivity contribution in [3.8, 4) is 0 Å². The zero-order valence-corrected chi connectivity index (χ0v) is 16.4. The van der Waals surface area contributed by atoms with Crippen molar-refractivity contribution in [2.45, 2.75) is 42.9 Å². The van der Waals surface area contributed by atoms with Crippen LogP contribution in [0, 0.1) is 13.8 Å². The van der Waals surface area contributed by atoms with Crippen LogP contribution in [0.1, 0.15) is 39.5 Å². The molecular weight excluding hydrogens is 370 g/mol. The lowest BCUT2D eigenvalue weighted by Gasteiger charge is -2.28. The van der Waals surface area contributed by atoms with Gasteiger partial charge in [-0.3, -0.25) is 4.79 Å². The van der Waals surface area contributed by atoms with Crippen LogP contribution < -0.4 is 5.32 Å². The number of nitrogens with one attached hydrogen (secondary N) is 1. The van der Waals surface area contributed by atoms with Gasteiger partial charge >= 0.3 is 0 Å². The first-order valence-electron chi connectivity index (χ1n) is 8.65. The Bertz CT molecular complexity index is 983. The minimum absolute atomic E-state index is 0.109. The molecule has 0 unspecified atom stereocenters. The molecule has 1 atom stereocenters. The number of hydrogen-bond acceptors (Lipinski definition) is 5. The molecule has 2 aliphatic rings. The number of sulfonamides is 1. The molecule has 0 saturated carbocycles. The molecule has 0 aliphatic carbocycles. The average molecular weight is 392 g/mol. The van der Waals surface area contributed by atoms with E-state index in [0.717, 1.165) is 23.4 Å². The van der Waals surface area contributed by atoms with Gasteiger partial charge < -0.3 is 5.32 Å². The van der Waals surface area contributed by atoms with Gasteiger partial charge in [-0.2, -0.15) is 4.31 Å². The van der Waals surface area contributed by atoms with Crippen molar-refractivity contribution in [1.82, 2.24) is 14.6 Å². The summed E-state index contributed by atoms with van der Waals surface area (Å²) in [5.41, 5.74) is 1.76. The zero-order valence-electron chi connectivity index (χ0n) is 14.8. The number of hydrogen-bond donors (Lipinski definition) is 1. The Kier molecular flexibility index (Phi) is 4.17. The number of aryl methyl sites for hydroxylation is 3. The molecule has 2 aromatic rings. The zero-order chi connectivity index (χ0) is 18.5. The van der Waals surface area contributed by atoms with E-state index in [4.69, 9.17) is 0 Å². The normalized spacial score (nSPS) is 23.7. The van der Waals surface area contributed by atoms with E-state index in [1.165, 1.54) is 15.6 Å². The Labute approximate surface area is 157 Å². The lowest BCUT2D eigenvalue weighted by Crippen LogP contribution is -2.50. The van der Waals surface area contributed by atoms with E-state index in [1.807, 2.05) is 31.2 Å². The smallest absolute Gasteiger partial charge is 0.254 e. The van der Waals surface area contributed by atoms with E-state index >= 15 is 0 Å². The van der Waals surface area contributed by atoms with Crippen LogP contribution in [0.15, 0.2) is 28.5 Å². The van der Waals surface area contributed by atoms with Crippen LogP contribution >= 0.6 is 11.3 Å². The van der Waals surface area contributed by atoms with E-state index in [2.05, 4.69) is 10.3 Å². The molecule has 0 bridgehead atoms. The monoisotopic (exact) mass is 391 g/mol. The maximum Gasteiger partial charge on any atom is 0.254 e. The van der Waals surface area contributed by atoms with Crippen LogP contribution in [0.3, 0.4) is 0 Å². The van der Waals surface area contributed by atoms with Crippen LogP contribution in [0.4, 0.5) is 0 Å². The summed E-state index contributed by atoms with van der Waals surface area (Å²) in [4.78, 5) is 16.9. The first kappa shape index (κ1) is 17.6. The molecule has 1 aromatic carbocycles. The van der Waals surface area contributed by atoms with Gasteiger partial charge in [0.2, 0.25) is 0 Å². The second-order valence-corrected chi connectivity index (χ2v) is 10.4. The molecule has 1 aromatic heterocycles. The van der Waals surface area contributed by atoms with Crippen molar-refractivity contribution in [3.05, 3.63) is 46.1 Å². The molecule has 8 heteroatoms. The van der Waals surface area contributed by atoms with E-state index in [9.17, 15) is 13.2 Å². The fourth-order valence-electron chi connectivity index (χ4n) is 3.92. The fourth-order valence-corrected chi connectivity index (χ4v) is 7.06. The maximum absolute atomic E-state index is 13.1.